The Bertz CT molecular complexity index is 2030. The lowest BCUT2D eigenvalue weighted by molar-refractivity contribution is -0.140. The van der Waals surface area contributed by atoms with Crippen LogP contribution in [0.3, 0.4) is 0 Å². The molecule has 3 saturated carbocycles. The van der Waals surface area contributed by atoms with Crippen LogP contribution >= 0.6 is 0 Å². The molecular weight excluding hydrogens is 725 g/mol. The first kappa shape index (κ1) is 43.4. The Balaban J connectivity index is 1.36. The minimum absolute atomic E-state index is 0.0155. The number of methoxy groups -OCH3 is 1. The van der Waals surface area contributed by atoms with Crippen LogP contribution in [-0.2, 0) is 24.0 Å². The Labute approximate surface area is 346 Å². The highest BCUT2D eigenvalue weighted by molar-refractivity contribution is 5.99. The van der Waals surface area contributed by atoms with Crippen LogP contribution in [-0.4, -0.2) is 42.1 Å². The van der Waals surface area contributed by atoms with Gasteiger partial charge in [-0.15, -0.1) is 6.58 Å². The van der Waals surface area contributed by atoms with Crippen molar-refractivity contribution < 1.29 is 33.4 Å². The summed E-state index contributed by atoms with van der Waals surface area (Å²) in [5.41, 5.74) is 2.76. The molecule has 0 radical (unpaired) electrons. The van der Waals surface area contributed by atoms with Crippen LogP contribution in [0.25, 0.3) is 16.3 Å². The van der Waals surface area contributed by atoms with Crippen molar-refractivity contribution in [3.05, 3.63) is 65.8 Å². The van der Waals surface area contributed by atoms with E-state index in [1.54, 1.807) is 20.1 Å². The zero-order valence-corrected chi connectivity index (χ0v) is 36.5. The maximum Gasteiger partial charge on any atom is 0.140 e. The monoisotopic (exact) mass is 790 g/mol. The number of rotatable bonds is 18. The van der Waals surface area contributed by atoms with Gasteiger partial charge in [0.05, 0.1) is 7.11 Å². The maximum absolute atomic E-state index is 15.1. The maximum atomic E-state index is 15.1. The number of hydrogen-bond donors (Lipinski definition) is 0. The standard InChI is InChI=1S/C51H66O7/c1-11-37-27-51(37,32(6)52)28-44(55)48-31(5)46(26-41(48)49(56)42(50(7,8)9)25-38(53)21-33-14-12-13-15-33)58-47-24-36(23-40-30(4)45(57-10)19-18-39(40)47)35-17-16-34(20-35)22-43(54)29(2)3/h11,17-20,23-24,29,31,33,37,41-42,46,48H,1,12-16,21-22,25-28H2,2-10H3. The van der Waals surface area contributed by atoms with Crippen LogP contribution in [0.1, 0.15) is 130 Å². The van der Waals surface area contributed by atoms with Gasteiger partial charge in [0, 0.05) is 66.1 Å². The van der Waals surface area contributed by atoms with Gasteiger partial charge in [-0.2, -0.15) is 0 Å². The highest BCUT2D eigenvalue weighted by atomic mass is 16.5. The Hall–Kier alpha value is -4.13. The topological polar surface area (TPSA) is 104 Å². The number of allylic oxidation sites excluding steroid dienone is 5. The quantitative estimate of drug-likeness (QED) is 0.138. The van der Waals surface area contributed by atoms with E-state index < -0.39 is 34.7 Å². The average molecular weight is 791 g/mol. The summed E-state index contributed by atoms with van der Waals surface area (Å²) in [4.78, 5) is 69.1. The first-order chi connectivity index (χ1) is 27.4. The van der Waals surface area contributed by atoms with E-state index >= 15 is 4.79 Å². The zero-order chi connectivity index (χ0) is 42.3. The predicted octanol–water partition coefficient (Wildman–Crippen LogP) is 11.0. The van der Waals surface area contributed by atoms with Gasteiger partial charge in [-0.1, -0.05) is 91.0 Å². The first-order valence-corrected chi connectivity index (χ1v) is 21.8. The number of fused-ring (bicyclic) bond motifs is 1. The van der Waals surface area contributed by atoms with Gasteiger partial charge in [0.2, 0.25) is 0 Å². The molecule has 4 aliphatic rings. The van der Waals surface area contributed by atoms with Crippen molar-refractivity contribution in [1.82, 2.24) is 0 Å². The van der Waals surface area contributed by atoms with E-state index in [0.29, 0.717) is 43.8 Å². The minimum Gasteiger partial charge on any atom is -0.496 e. The van der Waals surface area contributed by atoms with Crippen LogP contribution in [0.5, 0.6) is 11.5 Å². The molecule has 2 aromatic carbocycles. The lowest BCUT2D eigenvalue weighted by Crippen LogP contribution is -2.39. The number of benzene rings is 2. The summed E-state index contributed by atoms with van der Waals surface area (Å²) in [6, 6.07) is 8.14. The molecular formula is C51H66O7. The van der Waals surface area contributed by atoms with E-state index in [0.717, 1.165) is 64.5 Å². The predicted molar refractivity (Wildman–Crippen MR) is 231 cm³/mol. The number of hydrogen-bond acceptors (Lipinski definition) is 7. The van der Waals surface area contributed by atoms with Crippen molar-refractivity contribution in [3.8, 4) is 11.5 Å². The number of ether oxygens (including phenoxy) is 2. The fourth-order valence-electron chi connectivity index (χ4n) is 10.4. The van der Waals surface area contributed by atoms with E-state index in [4.69, 9.17) is 9.47 Å². The van der Waals surface area contributed by atoms with Crippen LogP contribution in [0, 0.1) is 59.2 Å². The van der Waals surface area contributed by atoms with Crippen LogP contribution < -0.4 is 9.47 Å². The first-order valence-electron chi connectivity index (χ1n) is 21.8. The molecule has 0 aliphatic heterocycles. The SMILES string of the molecule is C=CC1CC1(CC(=O)C1C(C(=O)C(CC(=O)CC2CCCC2)C(C)(C)C)CC(Oc2cc(C3=CCC(CC(=O)C(C)C)=C3)cc3c(C)c(OC)ccc23)C1C)C(C)=O. The summed E-state index contributed by atoms with van der Waals surface area (Å²) in [5, 5.41) is 1.87. The Morgan fingerprint density at radius 2 is 1.72 bits per heavy atom. The molecule has 2 aromatic rings. The Morgan fingerprint density at radius 3 is 2.33 bits per heavy atom. The van der Waals surface area contributed by atoms with Crippen molar-refractivity contribution in [2.45, 2.75) is 132 Å². The minimum atomic E-state index is -0.770. The second-order valence-electron chi connectivity index (χ2n) is 19.6. The van der Waals surface area contributed by atoms with Gasteiger partial charge < -0.3 is 9.47 Å². The number of carbonyl (C=O) groups excluding carboxylic acids is 5. The molecule has 7 atom stereocenters. The number of aryl methyl sites for hydroxylation is 1. The van der Waals surface area contributed by atoms with E-state index in [1.165, 1.54) is 0 Å². The van der Waals surface area contributed by atoms with Crippen LogP contribution in [0.4, 0.5) is 0 Å². The van der Waals surface area contributed by atoms with Crippen molar-refractivity contribution in [3.63, 3.8) is 0 Å². The molecule has 0 saturated heterocycles. The lowest BCUT2D eigenvalue weighted by Gasteiger charge is -2.33. The largest absolute Gasteiger partial charge is 0.496 e. The molecule has 4 aliphatic carbocycles. The summed E-state index contributed by atoms with van der Waals surface area (Å²) in [6.07, 6.45) is 12.8. The van der Waals surface area contributed by atoms with Gasteiger partial charge in [-0.05, 0) is 96.7 Å². The molecule has 0 spiro atoms. The van der Waals surface area contributed by atoms with Gasteiger partial charge in [0.15, 0.2) is 0 Å². The second kappa shape index (κ2) is 17.2. The average Bonchev–Trinajstić information content (AvgIpc) is 3.50. The van der Waals surface area contributed by atoms with Crippen molar-refractivity contribution in [2.24, 2.45) is 52.3 Å². The summed E-state index contributed by atoms with van der Waals surface area (Å²) in [5.74, 6) is -0.267. The molecule has 58 heavy (non-hydrogen) atoms. The van der Waals surface area contributed by atoms with E-state index in [9.17, 15) is 19.2 Å². The summed E-state index contributed by atoms with van der Waals surface area (Å²) >= 11 is 0. The number of ketones is 5. The lowest BCUT2D eigenvalue weighted by atomic mass is 9.68. The Morgan fingerprint density at radius 1 is 1.02 bits per heavy atom. The van der Waals surface area contributed by atoms with E-state index in [2.05, 4.69) is 24.8 Å². The highest BCUT2D eigenvalue weighted by Crippen LogP contribution is 2.58. The molecule has 7 nitrogen and oxygen atoms in total. The summed E-state index contributed by atoms with van der Waals surface area (Å²) in [7, 11) is 1.66. The highest BCUT2D eigenvalue weighted by Gasteiger charge is 2.60. The van der Waals surface area contributed by atoms with Gasteiger partial charge >= 0.3 is 0 Å². The Kier molecular flexibility index (Phi) is 12.9. The van der Waals surface area contributed by atoms with Gasteiger partial charge in [-0.3, -0.25) is 24.0 Å². The summed E-state index contributed by atoms with van der Waals surface area (Å²) < 4.78 is 12.8. The molecule has 312 valence electrons. The van der Waals surface area contributed by atoms with Gasteiger partial charge in [0.1, 0.15) is 46.5 Å². The normalized spacial score (nSPS) is 26.3. The summed E-state index contributed by atoms with van der Waals surface area (Å²) in [6.45, 7) is 19.5. The second-order valence-corrected chi connectivity index (χ2v) is 19.6. The third kappa shape index (κ3) is 8.89. The molecule has 0 aromatic heterocycles. The smallest absolute Gasteiger partial charge is 0.140 e. The van der Waals surface area contributed by atoms with Gasteiger partial charge in [0.25, 0.3) is 0 Å². The molecule has 0 amide bonds. The third-order valence-corrected chi connectivity index (χ3v) is 14.4. The fraction of sp³-hybridized carbons (Fsp3) is 0.588. The van der Waals surface area contributed by atoms with Crippen LogP contribution in [0.2, 0.25) is 0 Å². The number of carbonyl (C=O) groups is 5. The van der Waals surface area contributed by atoms with Gasteiger partial charge in [-0.25, -0.2) is 0 Å². The molecule has 0 bridgehead atoms. The van der Waals surface area contributed by atoms with Crippen molar-refractivity contribution in [2.75, 3.05) is 7.11 Å². The molecule has 7 heteroatoms. The molecule has 3 fully saturated rings. The number of Topliss-reactive ketones (excluding diaryl/α,β-unsaturated/α-hetero) is 5. The zero-order valence-electron chi connectivity index (χ0n) is 36.5. The third-order valence-electron chi connectivity index (χ3n) is 14.4. The van der Waals surface area contributed by atoms with Crippen molar-refractivity contribution in [1.29, 1.82) is 0 Å². The van der Waals surface area contributed by atoms with E-state index in [-0.39, 0.29) is 59.5 Å². The molecule has 7 unspecified atom stereocenters. The fourth-order valence-corrected chi connectivity index (χ4v) is 10.4. The van der Waals surface area contributed by atoms with E-state index in [1.807, 2.05) is 66.7 Å². The van der Waals surface area contributed by atoms with Crippen molar-refractivity contribution >= 4 is 45.3 Å². The molecule has 6 rings (SSSR count). The van der Waals surface area contributed by atoms with Crippen LogP contribution in [0.15, 0.2) is 54.6 Å². The molecule has 0 heterocycles. The molecule has 0 N–H and O–H groups in total.